The number of anilines is 2. The van der Waals surface area contributed by atoms with Gasteiger partial charge in [-0.05, 0) is 56.3 Å². The average Bonchev–Trinajstić information content (AvgIpc) is 2.68. The predicted molar refractivity (Wildman–Crippen MR) is 107 cm³/mol. The van der Waals surface area contributed by atoms with Gasteiger partial charge < -0.3 is 15.1 Å². The van der Waals surface area contributed by atoms with Crippen LogP contribution in [0.15, 0.2) is 42.5 Å². The maximum absolute atomic E-state index is 13.2. The van der Waals surface area contributed by atoms with Gasteiger partial charge in [0.2, 0.25) is 5.91 Å². The highest BCUT2D eigenvalue weighted by molar-refractivity contribution is 5.94. The Morgan fingerprint density at radius 2 is 1.54 bits per heavy atom. The molecule has 0 radical (unpaired) electrons. The number of amides is 2. The van der Waals surface area contributed by atoms with Gasteiger partial charge in [-0.1, -0.05) is 0 Å². The summed E-state index contributed by atoms with van der Waals surface area (Å²) in [5, 5.41) is 2.62. The first-order valence-corrected chi connectivity index (χ1v) is 9.23. The second-order valence-corrected chi connectivity index (χ2v) is 6.24. The van der Waals surface area contributed by atoms with E-state index in [1.165, 1.54) is 13.0 Å². The van der Waals surface area contributed by atoms with Crippen LogP contribution < -0.4 is 15.1 Å². The normalized spacial score (nSPS) is 10.5. The molecule has 150 valence electrons. The number of nitrogens with zero attached hydrogens (tertiary/aromatic N) is 2. The van der Waals surface area contributed by atoms with E-state index < -0.39 is 17.5 Å². The van der Waals surface area contributed by atoms with Crippen molar-refractivity contribution in [2.75, 3.05) is 36.0 Å². The maximum Gasteiger partial charge on any atom is 0.251 e. The fourth-order valence-electron chi connectivity index (χ4n) is 2.92. The fraction of sp³-hybridized carbons (Fsp3) is 0.333. The molecule has 2 amide bonds. The van der Waals surface area contributed by atoms with Crippen molar-refractivity contribution in [3.05, 3.63) is 59.7 Å². The molecular formula is C21H25F2N3O2. The number of hydrogen-bond donors (Lipinski definition) is 1. The number of nitrogens with one attached hydrogen (secondary N) is 1. The van der Waals surface area contributed by atoms with Gasteiger partial charge in [0, 0.05) is 50.0 Å². The summed E-state index contributed by atoms with van der Waals surface area (Å²) in [4.78, 5) is 27.8. The van der Waals surface area contributed by atoms with Crippen molar-refractivity contribution in [3.8, 4) is 0 Å². The molecule has 0 aliphatic carbocycles. The lowest BCUT2D eigenvalue weighted by Gasteiger charge is -2.24. The van der Waals surface area contributed by atoms with Gasteiger partial charge in [0.15, 0.2) is 11.6 Å². The summed E-state index contributed by atoms with van der Waals surface area (Å²) in [6.07, 6.45) is 0. The largest absolute Gasteiger partial charge is 0.372 e. The predicted octanol–water partition coefficient (Wildman–Crippen LogP) is 3.59. The molecule has 5 nitrogen and oxygen atoms in total. The van der Waals surface area contributed by atoms with Gasteiger partial charge in [0.1, 0.15) is 0 Å². The zero-order valence-electron chi connectivity index (χ0n) is 16.3. The molecule has 2 aromatic carbocycles. The topological polar surface area (TPSA) is 52.6 Å². The summed E-state index contributed by atoms with van der Waals surface area (Å²) in [5.41, 5.74) is 1.83. The highest BCUT2D eigenvalue weighted by atomic mass is 19.2. The zero-order valence-corrected chi connectivity index (χ0v) is 16.3. The van der Waals surface area contributed by atoms with E-state index in [9.17, 15) is 18.4 Å². The first-order chi connectivity index (χ1) is 13.4. The average molecular weight is 389 g/mol. The Morgan fingerprint density at radius 3 is 2.07 bits per heavy atom. The smallest absolute Gasteiger partial charge is 0.251 e. The highest BCUT2D eigenvalue weighted by Crippen LogP contribution is 2.21. The molecule has 7 heteroatoms. The van der Waals surface area contributed by atoms with Crippen LogP contribution in [0.1, 0.15) is 31.1 Å². The van der Waals surface area contributed by atoms with Gasteiger partial charge in [-0.2, -0.15) is 0 Å². The molecule has 2 rings (SSSR count). The van der Waals surface area contributed by atoms with Crippen LogP contribution in [0, 0.1) is 11.6 Å². The molecule has 0 aliphatic heterocycles. The second kappa shape index (κ2) is 9.82. The van der Waals surface area contributed by atoms with Crippen LogP contribution in [-0.4, -0.2) is 38.0 Å². The summed E-state index contributed by atoms with van der Waals surface area (Å²) < 4.78 is 26.2. The number of halogens is 2. The van der Waals surface area contributed by atoms with Crippen LogP contribution in [0.25, 0.3) is 0 Å². The minimum absolute atomic E-state index is 0.0249. The Kier molecular flexibility index (Phi) is 7.49. The van der Waals surface area contributed by atoms with E-state index in [0.717, 1.165) is 36.6 Å². The van der Waals surface area contributed by atoms with Crippen molar-refractivity contribution < 1.29 is 18.4 Å². The van der Waals surface area contributed by atoms with Gasteiger partial charge in [-0.25, -0.2) is 8.78 Å². The minimum atomic E-state index is -1.08. The molecule has 0 fully saturated rings. The van der Waals surface area contributed by atoms with Gasteiger partial charge in [-0.15, -0.1) is 0 Å². The molecule has 0 aliphatic rings. The van der Waals surface area contributed by atoms with E-state index >= 15 is 0 Å². The van der Waals surface area contributed by atoms with E-state index in [4.69, 9.17) is 0 Å². The minimum Gasteiger partial charge on any atom is -0.372 e. The SMILES string of the molecule is CCN(CC)c1ccc(N(CCNC(=O)c2ccc(F)c(F)c2)C(C)=O)cc1. The van der Waals surface area contributed by atoms with Crippen LogP contribution in [0.4, 0.5) is 20.2 Å². The molecular weight excluding hydrogens is 364 g/mol. The van der Waals surface area contributed by atoms with Crippen molar-refractivity contribution in [1.82, 2.24) is 5.32 Å². The van der Waals surface area contributed by atoms with E-state index in [0.29, 0.717) is 0 Å². The summed E-state index contributed by atoms with van der Waals surface area (Å²) in [6.45, 7) is 7.83. The Bertz CT molecular complexity index is 821. The fourth-order valence-corrected chi connectivity index (χ4v) is 2.92. The molecule has 0 bridgehead atoms. The summed E-state index contributed by atoms with van der Waals surface area (Å²) >= 11 is 0. The van der Waals surface area contributed by atoms with Crippen LogP contribution in [0.5, 0.6) is 0 Å². The second-order valence-electron chi connectivity index (χ2n) is 6.24. The van der Waals surface area contributed by atoms with Gasteiger partial charge in [0.25, 0.3) is 5.91 Å². The number of carbonyl (C=O) groups is 2. The quantitative estimate of drug-likeness (QED) is 0.751. The first kappa shape index (κ1) is 21.3. The molecule has 28 heavy (non-hydrogen) atoms. The van der Waals surface area contributed by atoms with Gasteiger partial charge in [0.05, 0.1) is 0 Å². The number of carbonyl (C=O) groups excluding carboxylic acids is 2. The molecule has 0 saturated carbocycles. The van der Waals surface area contributed by atoms with E-state index in [2.05, 4.69) is 24.1 Å². The lowest BCUT2D eigenvalue weighted by atomic mass is 10.2. The Balaban J connectivity index is 2.00. The van der Waals surface area contributed by atoms with Crippen molar-refractivity contribution in [3.63, 3.8) is 0 Å². The highest BCUT2D eigenvalue weighted by Gasteiger charge is 2.14. The van der Waals surface area contributed by atoms with Gasteiger partial charge >= 0.3 is 0 Å². The molecule has 0 unspecified atom stereocenters. The number of benzene rings is 2. The van der Waals surface area contributed by atoms with Crippen LogP contribution in [0.3, 0.4) is 0 Å². The van der Waals surface area contributed by atoms with Crippen LogP contribution in [0.2, 0.25) is 0 Å². The van der Waals surface area contributed by atoms with Crippen LogP contribution in [-0.2, 0) is 4.79 Å². The maximum atomic E-state index is 13.2. The lowest BCUT2D eigenvalue weighted by molar-refractivity contribution is -0.116. The van der Waals surface area contributed by atoms with Crippen molar-refractivity contribution in [2.24, 2.45) is 0 Å². The van der Waals surface area contributed by atoms with E-state index in [-0.39, 0.29) is 24.6 Å². The Hall–Kier alpha value is -2.96. The zero-order chi connectivity index (χ0) is 20.7. The molecule has 0 saturated heterocycles. The van der Waals surface area contributed by atoms with Crippen molar-refractivity contribution >= 4 is 23.2 Å². The Morgan fingerprint density at radius 1 is 0.929 bits per heavy atom. The van der Waals surface area contributed by atoms with Crippen molar-refractivity contribution in [1.29, 1.82) is 0 Å². The molecule has 0 heterocycles. The number of hydrogen-bond acceptors (Lipinski definition) is 3. The third kappa shape index (κ3) is 5.28. The first-order valence-electron chi connectivity index (χ1n) is 9.23. The molecule has 0 atom stereocenters. The Labute approximate surface area is 163 Å². The van der Waals surface area contributed by atoms with Crippen molar-refractivity contribution in [2.45, 2.75) is 20.8 Å². The summed E-state index contributed by atoms with van der Waals surface area (Å²) in [6, 6.07) is 10.6. The van der Waals surface area contributed by atoms with E-state index in [1.807, 2.05) is 24.3 Å². The third-order valence-electron chi connectivity index (χ3n) is 4.47. The summed E-state index contributed by atoms with van der Waals surface area (Å²) in [7, 11) is 0. The lowest BCUT2D eigenvalue weighted by Crippen LogP contribution is -2.37. The molecule has 0 aromatic heterocycles. The van der Waals surface area contributed by atoms with Crippen LogP contribution >= 0.6 is 0 Å². The summed E-state index contributed by atoms with van der Waals surface area (Å²) in [5.74, 6) is -2.77. The standard InChI is InChI=1S/C21H25F2N3O2/c1-4-25(5-2)17-7-9-18(10-8-17)26(15(3)27)13-12-24-21(28)16-6-11-19(22)20(23)14-16/h6-11,14H,4-5,12-13H2,1-3H3,(H,24,28). The molecule has 2 aromatic rings. The number of rotatable bonds is 8. The van der Waals surface area contributed by atoms with Gasteiger partial charge in [-0.3, -0.25) is 9.59 Å². The van der Waals surface area contributed by atoms with E-state index in [1.54, 1.807) is 4.90 Å². The molecule has 0 spiro atoms. The monoisotopic (exact) mass is 389 g/mol. The third-order valence-corrected chi connectivity index (χ3v) is 4.47. The molecule has 1 N–H and O–H groups in total.